The van der Waals surface area contributed by atoms with Crippen LogP contribution in [0.4, 0.5) is 0 Å². The molecule has 0 amide bonds. The van der Waals surface area contributed by atoms with Crippen molar-refractivity contribution in [3.63, 3.8) is 0 Å². The van der Waals surface area contributed by atoms with E-state index in [9.17, 15) is 4.79 Å². The minimum atomic E-state index is -0.594. The predicted molar refractivity (Wildman–Crippen MR) is 48.8 cm³/mol. The Labute approximate surface area is 81.9 Å². The molecule has 1 rings (SSSR count). The van der Waals surface area contributed by atoms with E-state index in [4.69, 9.17) is 15.0 Å². The van der Waals surface area contributed by atoms with Gasteiger partial charge in [-0.15, -0.1) is 0 Å². The highest BCUT2D eigenvalue weighted by atomic mass is 16.5. The Kier molecular flexibility index (Phi) is 4.04. The van der Waals surface area contributed by atoms with Crippen LogP contribution in [0.2, 0.25) is 0 Å². The quantitative estimate of drug-likeness (QED) is 0.286. The summed E-state index contributed by atoms with van der Waals surface area (Å²) in [7, 11) is 0. The molecule has 0 unspecified atom stereocenters. The van der Waals surface area contributed by atoms with E-state index in [-0.39, 0.29) is 12.3 Å². The molecule has 0 aromatic heterocycles. The zero-order valence-corrected chi connectivity index (χ0v) is 8.02. The minimum absolute atomic E-state index is 0.0184. The van der Waals surface area contributed by atoms with E-state index in [1.165, 1.54) is 0 Å². The van der Waals surface area contributed by atoms with E-state index >= 15 is 0 Å². The van der Waals surface area contributed by atoms with Gasteiger partial charge in [-0.3, -0.25) is 0 Å². The normalized spacial score (nSPS) is 15.4. The van der Waals surface area contributed by atoms with Crippen molar-refractivity contribution in [3.05, 3.63) is 17.2 Å². The Bertz CT molecular complexity index is 303. The highest BCUT2D eigenvalue weighted by molar-refractivity contribution is 6.40. The third-order valence-electron chi connectivity index (χ3n) is 1.84. The molecule has 0 N–H and O–H groups in total. The molecule has 1 heterocycles. The first-order valence-corrected chi connectivity index (χ1v) is 4.46. The van der Waals surface area contributed by atoms with Gasteiger partial charge in [0.05, 0.1) is 25.4 Å². The van der Waals surface area contributed by atoms with Crippen LogP contribution in [0.3, 0.4) is 0 Å². The number of hydrogen-bond donors (Lipinski definition) is 0. The van der Waals surface area contributed by atoms with Crippen LogP contribution in [0.15, 0.2) is 11.6 Å². The van der Waals surface area contributed by atoms with Crippen molar-refractivity contribution in [2.75, 3.05) is 19.8 Å². The number of carbonyl (C=O) groups is 1. The maximum absolute atomic E-state index is 11.3. The van der Waals surface area contributed by atoms with E-state index < -0.39 is 5.97 Å². The van der Waals surface area contributed by atoms with Gasteiger partial charge in [0, 0.05) is 6.42 Å². The zero-order chi connectivity index (χ0) is 10.4. The van der Waals surface area contributed by atoms with Crippen LogP contribution in [0.1, 0.15) is 13.3 Å². The molecule has 0 radical (unpaired) electrons. The average molecular weight is 196 g/mol. The van der Waals surface area contributed by atoms with Crippen molar-refractivity contribution in [1.82, 2.24) is 0 Å². The maximum Gasteiger partial charge on any atom is 0.421 e. The second-order valence-corrected chi connectivity index (χ2v) is 2.72. The summed E-state index contributed by atoms with van der Waals surface area (Å²) in [5.41, 5.74) is 9.34. The summed E-state index contributed by atoms with van der Waals surface area (Å²) in [5.74, 6) is -0.594. The molecule has 0 aromatic carbocycles. The molecule has 76 valence electrons. The van der Waals surface area contributed by atoms with Crippen LogP contribution in [-0.2, 0) is 14.3 Å². The molecule has 0 spiro atoms. The number of nitrogens with zero attached hydrogens (tertiary/aromatic N) is 2. The van der Waals surface area contributed by atoms with Crippen LogP contribution in [0.25, 0.3) is 5.53 Å². The number of carbonyl (C=O) groups excluding carboxylic acids is 1. The molecule has 5 nitrogen and oxygen atoms in total. The molecule has 0 fully saturated rings. The van der Waals surface area contributed by atoms with E-state index in [1.54, 1.807) is 13.0 Å². The molecule has 0 saturated heterocycles. The number of esters is 1. The lowest BCUT2D eigenvalue weighted by molar-refractivity contribution is -0.139. The third-order valence-corrected chi connectivity index (χ3v) is 1.84. The molecular weight excluding hydrogens is 184 g/mol. The van der Waals surface area contributed by atoms with Crippen molar-refractivity contribution in [2.45, 2.75) is 13.3 Å². The fourth-order valence-corrected chi connectivity index (χ4v) is 1.18. The van der Waals surface area contributed by atoms with Crippen molar-refractivity contribution in [1.29, 1.82) is 0 Å². The molecule has 0 atom stereocenters. The maximum atomic E-state index is 11.3. The van der Waals surface area contributed by atoms with Gasteiger partial charge in [0.15, 0.2) is 0 Å². The van der Waals surface area contributed by atoms with E-state index in [0.29, 0.717) is 25.2 Å². The van der Waals surface area contributed by atoms with Gasteiger partial charge in [0.25, 0.3) is 0 Å². The summed E-state index contributed by atoms with van der Waals surface area (Å²) in [4.78, 5) is 14.2. The highest BCUT2D eigenvalue weighted by Crippen LogP contribution is 2.09. The number of ether oxygens (including phenoxy) is 2. The van der Waals surface area contributed by atoms with Gasteiger partial charge in [-0.05, 0) is 13.0 Å². The fraction of sp³-hybridized carbons (Fsp3) is 0.556. The smallest absolute Gasteiger partial charge is 0.421 e. The second kappa shape index (κ2) is 5.32. The average Bonchev–Trinajstić information content (AvgIpc) is 2.21. The lowest BCUT2D eigenvalue weighted by Gasteiger charge is -2.09. The Hall–Kier alpha value is -1.45. The molecule has 0 aromatic rings. The second-order valence-electron chi connectivity index (χ2n) is 2.72. The van der Waals surface area contributed by atoms with Gasteiger partial charge >= 0.3 is 11.7 Å². The lowest BCUT2D eigenvalue weighted by atomic mass is 10.1. The Morgan fingerprint density at radius 3 is 3.07 bits per heavy atom. The topological polar surface area (TPSA) is 71.9 Å². The van der Waals surface area contributed by atoms with Gasteiger partial charge in [0.2, 0.25) is 0 Å². The van der Waals surface area contributed by atoms with Crippen molar-refractivity contribution in [3.8, 4) is 0 Å². The van der Waals surface area contributed by atoms with Crippen LogP contribution >= 0.6 is 0 Å². The summed E-state index contributed by atoms with van der Waals surface area (Å²) in [6.45, 7) is 2.94. The number of hydrogen-bond acceptors (Lipinski definition) is 3. The first kappa shape index (κ1) is 10.6. The van der Waals surface area contributed by atoms with Crippen LogP contribution in [0.5, 0.6) is 0 Å². The van der Waals surface area contributed by atoms with Gasteiger partial charge < -0.3 is 15.0 Å². The summed E-state index contributed by atoms with van der Waals surface area (Å²) in [5, 5.41) is 0. The molecule has 0 aliphatic carbocycles. The van der Waals surface area contributed by atoms with E-state index in [1.807, 2.05) is 0 Å². The van der Waals surface area contributed by atoms with E-state index in [0.717, 1.165) is 0 Å². The van der Waals surface area contributed by atoms with Gasteiger partial charge in [-0.2, -0.15) is 4.79 Å². The molecule has 5 heteroatoms. The molecule has 1 aliphatic rings. The third kappa shape index (κ3) is 2.52. The molecule has 14 heavy (non-hydrogen) atoms. The van der Waals surface area contributed by atoms with Crippen molar-refractivity contribution in [2.24, 2.45) is 0 Å². The van der Waals surface area contributed by atoms with Gasteiger partial charge in [0.1, 0.15) is 0 Å². The first-order valence-electron chi connectivity index (χ1n) is 4.46. The number of rotatable bonds is 3. The molecular formula is C9H12N2O3. The zero-order valence-electron chi connectivity index (χ0n) is 8.02. The first-order chi connectivity index (χ1) is 6.79. The summed E-state index contributed by atoms with van der Waals surface area (Å²) in [6, 6.07) is 0. The van der Waals surface area contributed by atoms with Crippen LogP contribution in [0, 0.1) is 0 Å². The van der Waals surface area contributed by atoms with E-state index in [2.05, 4.69) is 4.79 Å². The monoisotopic (exact) mass is 196 g/mol. The van der Waals surface area contributed by atoms with Crippen molar-refractivity contribution < 1.29 is 19.1 Å². The Morgan fingerprint density at radius 2 is 2.57 bits per heavy atom. The molecule has 1 aliphatic heterocycles. The van der Waals surface area contributed by atoms with Crippen molar-refractivity contribution >= 4 is 11.7 Å². The molecule has 0 bridgehead atoms. The fourth-order valence-electron chi connectivity index (χ4n) is 1.18. The largest absolute Gasteiger partial charge is 0.457 e. The van der Waals surface area contributed by atoms with Gasteiger partial charge in [-0.25, -0.2) is 4.79 Å². The van der Waals surface area contributed by atoms with Crippen LogP contribution < -0.4 is 0 Å². The SMILES string of the molecule is CCOC(=O)C(=[N+]=[N-])C1=CCOCC1. The summed E-state index contributed by atoms with van der Waals surface area (Å²) >= 11 is 0. The molecule has 0 saturated carbocycles. The van der Waals surface area contributed by atoms with Gasteiger partial charge in [-0.1, -0.05) is 0 Å². The predicted octanol–water partition coefficient (Wildman–Crippen LogP) is 0.567. The Morgan fingerprint density at radius 1 is 1.79 bits per heavy atom. The standard InChI is InChI=1S/C9H12N2O3/c1-2-14-9(12)8(11-10)7-3-5-13-6-4-7/h3H,2,4-6H2,1H3. The van der Waals surface area contributed by atoms with Crippen LogP contribution in [-0.4, -0.2) is 36.3 Å². The lowest BCUT2D eigenvalue weighted by Crippen LogP contribution is -2.23. The summed E-state index contributed by atoms with van der Waals surface area (Å²) in [6.07, 6.45) is 2.29. The highest BCUT2D eigenvalue weighted by Gasteiger charge is 2.27. The Balaban J connectivity index is 2.76. The minimum Gasteiger partial charge on any atom is -0.457 e. The summed E-state index contributed by atoms with van der Waals surface area (Å²) < 4.78 is 9.81.